The summed E-state index contributed by atoms with van der Waals surface area (Å²) in [5.74, 6) is -0.710. The molecule has 0 unspecified atom stereocenters. The molecule has 2 rings (SSSR count). The molecule has 0 spiro atoms. The zero-order chi connectivity index (χ0) is 18.9. The second-order valence-electron chi connectivity index (χ2n) is 5.54. The van der Waals surface area contributed by atoms with E-state index in [-0.39, 0.29) is 17.6 Å². The highest BCUT2D eigenvalue weighted by Gasteiger charge is 2.14. The molecule has 0 aliphatic rings. The number of aryl methyl sites for hydroxylation is 1. The van der Waals surface area contributed by atoms with Crippen LogP contribution in [0.15, 0.2) is 47.4 Å². The highest BCUT2D eigenvalue weighted by molar-refractivity contribution is 8.00. The Labute approximate surface area is 156 Å². The van der Waals surface area contributed by atoms with Crippen LogP contribution in [0.2, 0.25) is 0 Å². The van der Waals surface area contributed by atoms with Gasteiger partial charge in [0.2, 0.25) is 5.91 Å². The summed E-state index contributed by atoms with van der Waals surface area (Å²) in [4.78, 5) is 25.1. The van der Waals surface area contributed by atoms with Gasteiger partial charge in [-0.3, -0.25) is 9.59 Å². The third-order valence-corrected chi connectivity index (χ3v) is 4.64. The topological polar surface area (TPSA) is 67.4 Å². The van der Waals surface area contributed by atoms with Crippen molar-refractivity contribution >= 4 is 29.3 Å². The lowest BCUT2D eigenvalue weighted by Crippen LogP contribution is -2.28. The number of hydrogen-bond donors (Lipinski definition) is 2. The minimum Gasteiger partial charge on any atom is -0.383 e. The molecule has 0 fully saturated rings. The molecule has 0 aliphatic carbocycles. The number of amides is 2. The second-order valence-corrected chi connectivity index (χ2v) is 6.56. The molecule has 2 aromatic rings. The van der Waals surface area contributed by atoms with Crippen molar-refractivity contribution in [2.24, 2.45) is 0 Å². The first-order chi connectivity index (χ1) is 12.5. The summed E-state index contributed by atoms with van der Waals surface area (Å²) in [5, 5.41) is 5.46. The summed E-state index contributed by atoms with van der Waals surface area (Å²) in [6.45, 7) is 2.68. The summed E-state index contributed by atoms with van der Waals surface area (Å²) < 4.78 is 18.3. The molecule has 0 heterocycles. The number of thioether (sulfide) groups is 1. The van der Waals surface area contributed by atoms with Gasteiger partial charge in [0.15, 0.2) is 0 Å². The van der Waals surface area contributed by atoms with Crippen molar-refractivity contribution in [2.45, 2.75) is 11.8 Å². The van der Waals surface area contributed by atoms with E-state index >= 15 is 0 Å². The number of ether oxygens (including phenoxy) is 1. The van der Waals surface area contributed by atoms with Crippen LogP contribution in [0.5, 0.6) is 0 Å². The second kappa shape index (κ2) is 9.94. The minimum absolute atomic E-state index is 0.136. The Bertz CT molecular complexity index is 783. The van der Waals surface area contributed by atoms with Gasteiger partial charge < -0.3 is 15.4 Å². The van der Waals surface area contributed by atoms with Gasteiger partial charge in [-0.15, -0.1) is 11.8 Å². The third-order valence-electron chi connectivity index (χ3n) is 3.57. The van der Waals surface area contributed by atoms with Crippen molar-refractivity contribution in [2.75, 3.05) is 31.3 Å². The first-order valence-corrected chi connectivity index (χ1v) is 9.05. The van der Waals surface area contributed by atoms with Crippen LogP contribution in [0.1, 0.15) is 15.9 Å². The Balaban J connectivity index is 2.04. The van der Waals surface area contributed by atoms with Crippen LogP contribution in [0.4, 0.5) is 10.1 Å². The average Bonchev–Trinajstić information content (AvgIpc) is 2.63. The lowest BCUT2D eigenvalue weighted by Gasteiger charge is -2.12. The van der Waals surface area contributed by atoms with Crippen molar-refractivity contribution in [1.82, 2.24) is 5.32 Å². The van der Waals surface area contributed by atoms with Gasteiger partial charge in [0.25, 0.3) is 5.91 Å². The van der Waals surface area contributed by atoms with Crippen LogP contribution in [-0.2, 0) is 9.53 Å². The summed E-state index contributed by atoms with van der Waals surface area (Å²) in [6, 6.07) is 11.2. The first-order valence-electron chi connectivity index (χ1n) is 8.06. The molecular weight excluding hydrogens is 355 g/mol. The van der Waals surface area contributed by atoms with Gasteiger partial charge >= 0.3 is 0 Å². The molecule has 0 saturated carbocycles. The maximum absolute atomic E-state index is 13.4. The number of carbonyl (C=O) groups excluding carboxylic acids is 2. The van der Waals surface area contributed by atoms with E-state index in [1.165, 1.54) is 23.9 Å². The van der Waals surface area contributed by atoms with Gasteiger partial charge in [0.05, 0.1) is 17.9 Å². The Morgan fingerprint density at radius 3 is 2.73 bits per heavy atom. The van der Waals surface area contributed by atoms with E-state index in [1.807, 2.05) is 0 Å². The first kappa shape index (κ1) is 19.9. The maximum Gasteiger partial charge on any atom is 0.256 e. The van der Waals surface area contributed by atoms with Gasteiger partial charge in [0, 0.05) is 24.2 Å². The molecule has 2 amide bonds. The third kappa shape index (κ3) is 5.86. The van der Waals surface area contributed by atoms with Crippen LogP contribution >= 0.6 is 11.8 Å². The molecule has 0 aromatic heterocycles. The van der Waals surface area contributed by atoms with Crippen molar-refractivity contribution in [3.8, 4) is 0 Å². The van der Waals surface area contributed by atoms with Gasteiger partial charge in [-0.25, -0.2) is 4.39 Å². The molecule has 0 aliphatic heterocycles. The van der Waals surface area contributed by atoms with Gasteiger partial charge in [-0.1, -0.05) is 18.2 Å². The van der Waals surface area contributed by atoms with E-state index in [0.29, 0.717) is 29.3 Å². The van der Waals surface area contributed by atoms with E-state index in [9.17, 15) is 14.0 Å². The highest BCUT2D eigenvalue weighted by atomic mass is 32.2. The fraction of sp³-hybridized carbons (Fsp3) is 0.263. The van der Waals surface area contributed by atoms with E-state index < -0.39 is 5.82 Å². The molecule has 0 atom stereocenters. The molecule has 0 saturated heterocycles. The highest BCUT2D eigenvalue weighted by Crippen LogP contribution is 2.24. The summed E-state index contributed by atoms with van der Waals surface area (Å²) in [7, 11) is 1.57. The number of anilines is 1. The number of hydrogen-bond acceptors (Lipinski definition) is 4. The maximum atomic E-state index is 13.4. The van der Waals surface area contributed by atoms with Crippen LogP contribution in [0.25, 0.3) is 0 Å². The van der Waals surface area contributed by atoms with Crippen molar-refractivity contribution in [1.29, 1.82) is 0 Å². The van der Waals surface area contributed by atoms with Crippen LogP contribution in [0.3, 0.4) is 0 Å². The summed E-state index contributed by atoms with van der Waals surface area (Å²) >= 11 is 1.27. The van der Waals surface area contributed by atoms with Crippen molar-refractivity contribution in [3.63, 3.8) is 0 Å². The monoisotopic (exact) mass is 376 g/mol. The van der Waals surface area contributed by atoms with Gasteiger partial charge in [-0.05, 0) is 36.8 Å². The Morgan fingerprint density at radius 2 is 1.96 bits per heavy atom. The van der Waals surface area contributed by atoms with Crippen molar-refractivity contribution in [3.05, 3.63) is 59.4 Å². The van der Waals surface area contributed by atoms with E-state index in [1.54, 1.807) is 44.4 Å². The van der Waals surface area contributed by atoms with Crippen LogP contribution in [-0.4, -0.2) is 37.8 Å². The quantitative estimate of drug-likeness (QED) is 0.548. The normalized spacial score (nSPS) is 10.4. The van der Waals surface area contributed by atoms with Gasteiger partial charge in [0.1, 0.15) is 5.82 Å². The number of benzene rings is 2. The molecule has 138 valence electrons. The summed E-state index contributed by atoms with van der Waals surface area (Å²) in [5.41, 5.74) is 1.63. The standard InChI is InChI=1S/C19H21FN2O3S/c1-13-7-8-14(20)11-16(13)22-19(24)15-5-3-4-6-17(15)26-12-18(23)21-9-10-25-2/h3-8,11H,9-10,12H2,1-2H3,(H,21,23)(H,22,24). The van der Waals surface area contributed by atoms with Gasteiger partial charge in [-0.2, -0.15) is 0 Å². The predicted octanol–water partition coefficient (Wildman–Crippen LogP) is 3.24. The Morgan fingerprint density at radius 1 is 1.19 bits per heavy atom. The molecular formula is C19H21FN2O3S. The molecule has 2 aromatic carbocycles. The molecule has 7 heteroatoms. The summed E-state index contributed by atoms with van der Waals surface area (Å²) in [6.07, 6.45) is 0. The molecule has 2 N–H and O–H groups in total. The fourth-order valence-electron chi connectivity index (χ4n) is 2.19. The fourth-order valence-corrected chi connectivity index (χ4v) is 3.07. The Hall–Kier alpha value is -2.38. The van der Waals surface area contributed by atoms with Crippen molar-refractivity contribution < 1.29 is 18.7 Å². The number of nitrogens with one attached hydrogen (secondary N) is 2. The lowest BCUT2D eigenvalue weighted by atomic mass is 10.1. The van der Waals surface area contributed by atoms with E-state index in [2.05, 4.69) is 10.6 Å². The predicted molar refractivity (Wildman–Crippen MR) is 101 cm³/mol. The minimum atomic E-state index is -0.415. The van der Waals surface area contributed by atoms with E-state index in [4.69, 9.17) is 4.74 Å². The molecule has 0 radical (unpaired) electrons. The number of rotatable bonds is 8. The molecule has 5 nitrogen and oxygen atoms in total. The SMILES string of the molecule is COCCNC(=O)CSc1ccccc1C(=O)Nc1cc(F)ccc1C. The number of carbonyl (C=O) groups is 2. The zero-order valence-corrected chi connectivity index (χ0v) is 15.5. The van der Waals surface area contributed by atoms with E-state index in [0.717, 1.165) is 5.56 Å². The zero-order valence-electron chi connectivity index (χ0n) is 14.7. The smallest absolute Gasteiger partial charge is 0.256 e. The van der Waals surface area contributed by atoms with Crippen LogP contribution < -0.4 is 10.6 Å². The lowest BCUT2D eigenvalue weighted by molar-refractivity contribution is -0.118. The number of halogens is 1. The average molecular weight is 376 g/mol. The van der Waals surface area contributed by atoms with Crippen LogP contribution in [0, 0.1) is 12.7 Å². The largest absolute Gasteiger partial charge is 0.383 e. The molecule has 26 heavy (non-hydrogen) atoms. The number of methoxy groups -OCH3 is 1. The Kier molecular flexibility index (Phi) is 7.62. The molecule has 0 bridgehead atoms.